The van der Waals surface area contributed by atoms with Crippen molar-refractivity contribution in [2.75, 3.05) is 4.90 Å². The minimum Gasteiger partial charge on any atom is -0.308 e. The third-order valence-corrected chi connectivity index (χ3v) is 4.78. The van der Waals surface area contributed by atoms with Gasteiger partial charge in [0.15, 0.2) is 0 Å². The fraction of sp³-hybridized carbons (Fsp3) is 0.235. The molecule has 0 fully saturated rings. The van der Waals surface area contributed by atoms with E-state index in [0.29, 0.717) is 19.4 Å². The van der Waals surface area contributed by atoms with Gasteiger partial charge in [-0.1, -0.05) is 33.6 Å². The van der Waals surface area contributed by atoms with Gasteiger partial charge in [0.2, 0.25) is 5.91 Å². The van der Waals surface area contributed by atoms with Crippen molar-refractivity contribution in [1.82, 2.24) is 0 Å². The van der Waals surface area contributed by atoms with E-state index in [2.05, 4.69) is 15.9 Å². The lowest BCUT2D eigenvalue weighted by atomic mass is 9.99. The quantitative estimate of drug-likeness (QED) is 0.598. The number of halogens is 1. The minimum absolute atomic E-state index is 0.0414. The molecule has 23 heavy (non-hydrogen) atoms. The summed E-state index contributed by atoms with van der Waals surface area (Å²) in [5, 5.41) is 10.9. The van der Waals surface area contributed by atoms with Crippen molar-refractivity contribution in [2.45, 2.75) is 26.3 Å². The number of aryl methyl sites for hydroxylation is 2. The number of hydrogen-bond donors (Lipinski definition) is 0. The standard InChI is InChI=1S/C17H15BrN2O3/c1-11-2-5-15(18)13(8-11)10-19-16-6-4-14(20(22)23)9-12(16)3-7-17(19)21/h2,4-6,8-9H,3,7,10H2,1H3. The van der Waals surface area contributed by atoms with E-state index in [1.807, 2.05) is 25.1 Å². The maximum atomic E-state index is 12.4. The van der Waals surface area contributed by atoms with Crippen LogP contribution in [0.2, 0.25) is 0 Å². The summed E-state index contributed by atoms with van der Waals surface area (Å²) in [5.41, 5.74) is 3.82. The number of anilines is 1. The summed E-state index contributed by atoms with van der Waals surface area (Å²) in [4.78, 5) is 24.6. The monoisotopic (exact) mass is 374 g/mol. The molecule has 118 valence electrons. The highest BCUT2D eigenvalue weighted by Crippen LogP contribution is 2.33. The Labute approximate surface area is 142 Å². The summed E-state index contributed by atoms with van der Waals surface area (Å²) in [6.45, 7) is 2.46. The molecular weight excluding hydrogens is 360 g/mol. The normalized spacial score (nSPS) is 13.8. The molecule has 0 radical (unpaired) electrons. The van der Waals surface area contributed by atoms with Crippen LogP contribution in [0, 0.1) is 17.0 Å². The molecule has 0 atom stereocenters. The maximum absolute atomic E-state index is 12.4. The first kappa shape index (κ1) is 15.7. The second-order valence-corrected chi connectivity index (χ2v) is 6.50. The van der Waals surface area contributed by atoms with Crippen molar-refractivity contribution >= 4 is 33.2 Å². The van der Waals surface area contributed by atoms with E-state index in [4.69, 9.17) is 0 Å². The summed E-state index contributed by atoms with van der Waals surface area (Å²) in [5.74, 6) is 0.0414. The molecule has 3 rings (SSSR count). The molecule has 0 N–H and O–H groups in total. The fourth-order valence-corrected chi connectivity index (χ4v) is 3.20. The Morgan fingerprint density at radius 1 is 1.22 bits per heavy atom. The van der Waals surface area contributed by atoms with E-state index in [0.717, 1.165) is 26.9 Å². The van der Waals surface area contributed by atoms with Crippen LogP contribution in [0.3, 0.4) is 0 Å². The number of carbonyl (C=O) groups excluding carboxylic acids is 1. The number of fused-ring (bicyclic) bond motifs is 1. The molecule has 1 aliphatic heterocycles. The van der Waals surface area contributed by atoms with Crippen LogP contribution in [-0.4, -0.2) is 10.8 Å². The number of non-ortho nitro benzene ring substituents is 1. The van der Waals surface area contributed by atoms with Gasteiger partial charge in [0.25, 0.3) is 5.69 Å². The summed E-state index contributed by atoms with van der Waals surface area (Å²) in [6.07, 6.45) is 0.916. The van der Waals surface area contributed by atoms with E-state index in [-0.39, 0.29) is 11.6 Å². The molecule has 2 aromatic carbocycles. The average molecular weight is 375 g/mol. The van der Waals surface area contributed by atoms with Crippen LogP contribution in [0.25, 0.3) is 0 Å². The first-order valence-electron chi connectivity index (χ1n) is 7.28. The zero-order chi connectivity index (χ0) is 16.6. The molecule has 6 heteroatoms. The van der Waals surface area contributed by atoms with Gasteiger partial charge < -0.3 is 4.90 Å². The number of nitro benzene ring substituents is 1. The summed E-state index contributed by atoms with van der Waals surface area (Å²) < 4.78 is 0.949. The van der Waals surface area contributed by atoms with Gasteiger partial charge in [0, 0.05) is 28.7 Å². The number of hydrogen-bond acceptors (Lipinski definition) is 3. The smallest absolute Gasteiger partial charge is 0.269 e. The van der Waals surface area contributed by atoms with Gasteiger partial charge in [-0.25, -0.2) is 0 Å². The highest BCUT2D eigenvalue weighted by Gasteiger charge is 2.26. The molecule has 0 saturated carbocycles. The molecule has 0 spiro atoms. The largest absolute Gasteiger partial charge is 0.308 e. The third kappa shape index (κ3) is 3.12. The number of rotatable bonds is 3. The second-order valence-electron chi connectivity index (χ2n) is 5.64. The lowest BCUT2D eigenvalue weighted by Crippen LogP contribution is -2.34. The summed E-state index contributed by atoms with van der Waals surface area (Å²) >= 11 is 3.52. The zero-order valence-corrected chi connectivity index (χ0v) is 14.2. The first-order chi connectivity index (χ1) is 11.0. The summed E-state index contributed by atoms with van der Waals surface area (Å²) in [6, 6.07) is 10.7. The second kappa shape index (κ2) is 6.12. The van der Waals surface area contributed by atoms with Crippen molar-refractivity contribution in [3.8, 4) is 0 Å². The predicted molar refractivity (Wildman–Crippen MR) is 91.5 cm³/mol. The van der Waals surface area contributed by atoms with Crippen LogP contribution in [0.5, 0.6) is 0 Å². The molecule has 1 aliphatic rings. The van der Waals surface area contributed by atoms with Crippen molar-refractivity contribution in [2.24, 2.45) is 0 Å². The SMILES string of the molecule is Cc1ccc(Br)c(CN2C(=O)CCc3cc([N+](=O)[O-])ccc32)c1. The van der Waals surface area contributed by atoms with Crippen molar-refractivity contribution in [3.05, 3.63) is 67.7 Å². The molecule has 0 saturated heterocycles. The van der Waals surface area contributed by atoms with Crippen molar-refractivity contribution < 1.29 is 9.72 Å². The van der Waals surface area contributed by atoms with Gasteiger partial charge in [-0.15, -0.1) is 0 Å². The highest BCUT2D eigenvalue weighted by atomic mass is 79.9. The molecule has 1 amide bonds. The lowest BCUT2D eigenvalue weighted by Gasteiger charge is -2.29. The Bertz CT molecular complexity index is 804. The molecular formula is C17H15BrN2O3. The highest BCUT2D eigenvalue weighted by molar-refractivity contribution is 9.10. The fourth-order valence-electron chi connectivity index (χ4n) is 2.83. The predicted octanol–water partition coefficient (Wildman–Crippen LogP) is 4.15. The number of nitrogens with zero attached hydrogens (tertiary/aromatic N) is 2. The van der Waals surface area contributed by atoms with Crippen molar-refractivity contribution in [1.29, 1.82) is 0 Å². The third-order valence-electron chi connectivity index (χ3n) is 4.00. The van der Waals surface area contributed by atoms with E-state index >= 15 is 0 Å². The van der Waals surface area contributed by atoms with Gasteiger partial charge in [0.05, 0.1) is 11.5 Å². The van der Waals surface area contributed by atoms with E-state index < -0.39 is 4.92 Å². The molecule has 0 bridgehead atoms. The average Bonchev–Trinajstić information content (AvgIpc) is 2.53. The number of carbonyl (C=O) groups is 1. The molecule has 0 unspecified atom stereocenters. The van der Waals surface area contributed by atoms with Gasteiger partial charge in [0.1, 0.15) is 0 Å². The lowest BCUT2D eigenvalue weighted by molar-refractivity contribution is -0.384. The first-order valence-corrected chi connectivity index (χ1v) is 8.08. The number of amides is 1. The molecule has 2 aromatic rings. The Hall–Kier alpha value is -2.21. The van der Waals surface area contributed by atoms with Crippen LogP contribution in [0.4, 0.5) is 11.4 Å². The van der Waals surface area contributed by atoms with Gasteiger partial charge >= 0.3 is 0 Å². The van der Waals surface area contributed by atoms with Crippen LogP contribution in [-0.2, 0) is 17.8 Å². The molecule has 5 nitrogen and oxygen atoms in total. The molecule has 1 heterocycles. The van der Waals surface area contributed by atoms with Crippen LogP contribution >= 0.6 is 15.9 Å². The van der Waals surface area contributed by atoms with E-state index in [1.54, 1.807) is 17.0 Å². The van der Waals surface area contributed by atoms with Crippen molar-refractivity contribution in [3.63, 3.8) is 0 Å². The summed E-state index contributed by atoms with van der Waals surface area (Å²) in [7, 11) is 0. The van der Waals surface area contributed by atoms with E-state index in [9.17, 15) is 14.9 Å². The van der Waals surface area contributed by atoms with Crippen LogP contribution in [0.15, 0.2) is 40.9 Å². The Kier molecular flexibility index (Phi) is 4.17. The maximum Gasteiger partial charge on any atom is 0.269 e. The Morgan fingerprint density at radius 3 is 2.74 bits per heavy atom. The van der Waals surface area contributed by atoms with Gasteiger partial charge in [-0.3, -0.25) is 14.9 Å². The Morgan fingerprint density at radius 2 is 2.00 bits per heavy atom. The van der Waals surface area contributed by atoms with E-state index in [1.165, 1.54) is 6.07 Å². The van der Waals surface area contributed by atoms with Crippen LogP contribution < -0.4 is 4.90 Å². The van der Waals surface area contributed by atoms with Gasteiger partial charge in [-0.2, -0.15) is 0 Å². The Balaban J connectivity index is 1.98. The minimum atomic E-state index is -0.405. The molecule has 0 aromatic heterocycles. The van der Waals surface area contributed by atoms with Gasteiger partial charge in [-0.05, 0) is 36.6 Å². The van der Waals surface area contributed by atoms with Crippen LogP contribution in [0.1, 0.15) is 23.1 Å². The molecule has 0 aliphatic carbocycles. The topological polar surface area (TPSA) is 63.5 Å². The number of nitro groups is 1. The number of benzene rings is 2. The zero-order valence-electron chi connectivity index (χ0n) is 12.6.